The van der Waals surface area contributed by atoms with Crippen molar-refractivity contribution in [1.29, 1.82) is 0 Å². The van der Waals surface area contributed by atoms with Crippen LogP contribution in [-0.2, 0) is 4.79 Å². The smallest absolute Gasteiger partial charge is 0.307 e. The SMILES string of the molecule is CCOc1cc(/C=N/NC(=O)c2cc3cc(Cl)ccc3o2)cc(Br)c1OCC(=O)Nc1ccc(C)cc1. The number of hydrogen-bond acceptors (Lipinski definition) is 6. The molecule has 0 unspecified atom stereocenters. The van der Waals surface area contributed by atoms with Crippen molar-refractivity contribution in [3.63, 3.8) is 0 Å². The lowest BCUT2D eigenvalue weighted by atomic mass is 10.2. The van der Waals surface area contributed by atoms with Crippen molar-refractivity contribution in [3.8, 4) is 11.5 Å². The number of furan rings is 1. The molecule has 4 rings (SSSR count). The summed E-state index contributed by atoms with van der Waals surface area (Å²) >= 11 is 9.45. The molecular weight excluding hydrogens is 562 g/mol. The predicted molar refractivity (Wildman–Crippen MR) is 147 cm³/mol. The Morgan fingerprint density at radius 2 is 1.86 bits per heavy atom. The van der Waals surface area contributed by atoms with Crippen molar-refractivity contribution < 1.29 is 23.5 Å². The fourth-order valence-electron chi connectivity index (χ4n) is 3.38. The Labute approximate surface area is 226 Å². The van der Waals surface area contributed by atoms with Gasteiger partial charge in [-0.25, -0.2) is 5.43 Å². The highest BCUT2D eigenvalue weighted by atomic mass is 79.9. The molecule has 0 saturated carbocycles. The number of ether oxygens (including phenoxy) is 2. The van der Waals surface area contributed by atoms with Gasteiger partial charge in [-0.2, -0.15) is 5.10 Å². The second kappa shape index (κ2) is 11.9. The zero-order valence-corrected chi connectivity index (χ0v) is 22.4. The van der Waals surface area contributed by atoms with Gasteiger partial charge in [0.05, 0.1) is 17.3 Å². The van der Waals surface area contributed by atoms with Crippen LogP contribution in [0.2, 0.25) is 5.02 Å². The Hall–Kier alpha value is -3.82. The number of fused-ring (bicyclic) bond motifs is 1. The Morgan fingerprint density at radius 3 is 2.62 bits per heavy atom. The number of benzene rings is 3. The molecule has 190 valence electrons. The van der Waals surface area contributed by atoms with Crippen molar-refractivity contribution in [2.24, 2.45) is 5.10 Å². The summed E-state index contributed by atoms with van der Waals surface area (Å²) in [4.78, 5) is 24.8. The van der Waals surface area contributed by atoms with E-state index in [0.29, 0.717) is 44.4 Å². The molecule has 0 spiro atoms. The molecule has 0 radical (unpaired) electrons. The number of nitrogens with zero attached hydrogens (tertiary/aromatic N) is 1. The summed E-state index contributed by atoms with van der Waals surface area (Å²) in [6.07, 6.45) is 1.46. The van der Waals surface area contributed by atoms with Gasteiger partial charge in [0.2, 0.25) is 0 Å². The van der Waals surface area contributed by atoms with E-state index in [9.17, 15) is 9.59 Å². The van der Waals surface area contributed by atoms with Gasteiger partial charge < -0.3 is 19.2 Å². The van der Waals surface area contributed by atoms with Crippen molar-refractivity contribution in [2.45, 2.75) is 13.8 Å². The first-order valence-corrected chi connectivity index (χ1v) is 12.5. The fourth-order valence-corrected chi connectivity index (χ4v) is 4.14. The van der Waals surface area contributed by atoms with Crippen LogP contribution in [-0.4, -0.2) is 31.2 Å². The third-order valence-electron chi connectivity index (χ3n) is 5.10. The Morgan fingerprint density at radius 1 is 1.08 bits per heavy atom. The summed E-state index contributed by atoms with van der Waals surface area (Å²) in [7, 11) is 0. The van der Waals surface area contributed by atoms with Crippen molar-refractivity contribution >= 4 is 62.2 Å². The summed E-state index contributed by atoms with van der Waals surface area (Å²) in [6.45, 7) is 3.98. The molecule has 10 heteroatoms. The zero-order chi connectivity index (χ0) is 26.4. The standard InChI is InChI=1S/C27H23BrClN3O5/c1-3-35-23-11-17(14-30-32-27(34)24-13-18-12-19(29)6-9-22(18)37-24)10-21(28)26(23)36-15-25(33)31-20-7-4-16(2)5-8-20/h4-14H,3,15H2,1-2H3,(H,31,33)(H,32,34)/b30-14+. The monoisotopic (exact) mass is 583 g/mol. The average molecular weight is 585 g/mol. The molecule has 0 aliphatic rings. The van der Waals surface area contributed by atoms with E-state index in [2.05, 4.69) is 31.8 Å². The molecule has 4 aromatic rings. The Bertz CT molecular complexity index is 1470. The van der Waals surface area contributed by atoms with Gasteiger partial charge in [0.15, 0.2) is 23.9 Å². The minimum atomic E-state index is -0.507. The second-order valence-corrected chi connectivity index (χ2v) is 9.25. The van der Waals surface area contributed by atoms with Crippen molar-refractivity contribution in [3.05, 3.63) is 87.0 Å². The Balaban J connectivity index is 1.41. The highest BCUT2D eigenvalue weighted by molar-refractivity contribution is 9.10. The number of nitrogens with one attached hydrogen (secondary N) is 2. The largest absolute Gasteiger partial charge is 0.490 e. The lowest BCUT2D eigenvalue weighted by Crippen LogP contribution is -2.20. The second-order valence-electron chi connectivity index (χ2n) is 7.96. The summed E-state index contributed by atoms with van der Waals surface area (Å²) in [5.41, 5.74) is 5.40. The lowest BCUT2D eigenvalue weighted by molar-refractivity contribution is -0.118. The molecule has 2 amide bonds. The topological polar surface area (TPSA) is 102 Å². The number of hydrogen-bond donors (Lipinski definition) is 2. The summed E-state index contributed by atoms with van der Waals surface area (Å²) in [5.74, 6) is 0.0925. The molecule has 1 aromatic heterocycles. The fraction of sp³-hybridized carbons (Fsp3) is 0.148. The first-order valence-electron chi connectivity index (χ1n) is 11.3. The maximum atomic E-state index is 12.4. The molecule has 0 aliphatic heterocycles. The number of anilines is 1. The average Bonchev–Trinajstić information content (AvgIpc) is 3.28. The number of hydrazone groups is 1. The molecule has 0 atom stereocenters. The lowest BCUT2D eigenvalue weighted by Gasteiger charge is -2.14. The van der Waals surface area contributed by atoms with Gasteiger partial charge in [0.25, 0.3) is 5.91 Å². The third-order valence-corrected chi connectivity index (χ3v) is 5.92. The van der Waals surface area contributed by atoms with Crippen LogP contribution >= 0.6 is 27.5 Å². The van der Waals surface area contributed by atoms with Gasteiger partial charge in [0.1, 0.15) is 5.58 Å². The van der Waals surface area contributed by atoms with E-state index in [1.54, 1.807) is 36.4 Å². The highest BCUT2D eigenvalue weighted by Gasteiger charge is 2.15. The summed E-state index contributed by atoms with van der Waals surface area (Å²) in [6, 6.07) is 17.6. The van der Waals surface area contributed by atoms with E-state index in [4.69, 9.17) is 25.5 Å². The van der Waals surface area contributed by atoms with Gasteiger partial charge in [-0.1, -0.05) is 29.3 Å². The molecule has 2 N–H and O–H groups in total. The van der Waals surface area contributed by atoms with E-state index in [-0.39, 0.29) is 18.3 Å². The highest BCUT2D eigenvalue weighted by Crippen LogP contribution is 2.36. The minimum absolute atomic E-state index is 0.110. The number of aryl methyl sites for hydroxylation is 1. The quantitative estimate of drug-likeness (QED) is 0.177. The van der Waals surface area contributed by atoms with E-state index in [0.717, 1.165) is 10.9 Å². The van der Waals surface area contributed by atoms with Crippen molar-refractivity contribution in [1.82, 2.24) is 5.43 Å². The van der Waals surface area contributed by atoms with Crippen LogP contribution in [0, 0.1) is 6.92 Å². The molecule has 0 fully saturated rings. The van der Waals surface area contributed by atoms with Crippen LogP contribution in [0.4, 0.5) is 5.69 Å². The number of amides is 2. The van der Waals surface area contributed by atoms with Crippen LogP contribution in [0.15, 0.2) is 74.7 Å². The molecule has 1 heterocycles. The molecule has 3 aromatic carbocycles. The van der Waals surface area contributed by atoms with Crippen LogP contribution < -0.4 is 20.2 Å². The number of halogens is 2. The zero-order valence-electron chi connectivity index (χ0n) is 20.0. The number of rotatable bonds is 9. The van der Waals surface area contributed by atoms with Gasteiger partial charge in [-0.15, -0.1) is 0 Å². The summed E-state index contributed by atoms with van der Waals surface area (Å²) in [5, 5.41) is 8.07. The van der Waals surface area contributed by atoms with Crippen LogP contribution in [0.1, 0.15) is 28.6 Å². The molecular formula is C27H23BrClN3O5. The first-order chi connectivity index (χ1) is 17.8. The third kappa shape index (κ3) is 6.90. The minimum Gasteiger partial charge on any atom is -0.490 e. The molecule has 8 nitrogen and oxygen atoms in total. The van der Waals surface area contributed by atoms with Gasteiger partial charge in [0, 0.05) is 16.1 Å². The van der Waals surface area contributed by atoms with E-state index in [1.165, 1.54) is 6.21 Å². The number of carbonyl (C=O) groups is 2. The van der Waals surface area contributed by atoms with E-state index in [1.807, 2.05) is 38.1 Å². The summed E-state index contributed by atoms with van der Waals surface area (Å²) < 4.78 is 17.6. The maximum Gasteiger partial charge on any atom is 0.307 e. The number of carbonyl (C=O) groups excluding carboxylic acids is 2. The van der Waals surface area contributed by atoms with Gasteiger partial charge >= 0.3 is 5.91 Å². The van der Waals surface area contributed by atoms with E-state index >= 15 is 0 Å². The van der Waals surface area contributed by atoms with Crippen LogP contribution in [0.25, 0.3) is 11.0 Å². The van der Waals surface area contributed by atoms with Crippen molar-refractivity contribution in [2.75, 3.05) is 18.5 Å². The Kier molecular flexibility index (Phi) is 8.47. The molecule has 37 heavy (non-hydrogen) atoms. The van der Waals surface area contributed by atoms with E-state index < -0.39 is 5.91 Å². The molecule has 0 aliphatic carbocycles. The van der Waals surface area contributed by atoms with Crippen LogP contribution in [0.5, 0.6) is 11.5 Å². The predicted octanol–water partition coefficient (Wildman–Crippen LogP) is 6.34. The van der Waals surface area contributed by atoms with Gasteiger partial charge in [-0.05, 0) is 83.9 Å². The first kappa shape index (κ1) is 26.2. The molecule has 0 saturated heterocycles. The maximum absolute atomic E-state index is 12.4. The van der Waals surface area contributed by atoms with Gasteiger partial charge in [-0.3, -0.25) is 9.59 Å². The van der Waals surface area contributed by atoms with Crippen LogP contribution in [0.3, 0.4) is 0 Å². The normalized spacial score (nSPS) is 11.0. The molecule has 0 bridgehead atoms.